The Labute approximate surface area is 197 Å². The first kappa shape index (κ1) is 24.5. The largest absolute Gasteiger partial charge is 0.497 e. The average Bonchev–Trinajstić information content (AvgIpc) is 3.08. The lowest BCUT2D eigenvalue weighted by Crippen LogP contribution is -2.46. The van der Waals surface area contributed by atoms with E-state index in [0.29, 0.717) is 12.4 Å². The summed E-state index contributed by atoms with van der Waals surface area (Å²) in [5, 5.41) is 6.94. The zero-order valence-electron chi connectivity index (χ0n) is 18.6. The summed E-state index contributed by atoms with van der Waals surface area (Å²) in [5.74, 6) is 3.21. The van der Waals surface area contributed by atoms with Crippen LogP contribution in [0.1, 0.15) is 61.9 Å². The minimum absolute atomic E-state index is 0. The lowest BCUT2D eigenvalue weighted by molar-refractivity contribution is 0.291. The molecule has 0 radical (unpaired) electrons. The molecule has 0 saturated heterocycles. The molecule has 166 valence electrons. The minimum atomic E-state index is 0. The van der Waals surface area contributed by atoms with Crippen LogP contribution in [-0.4, -0.2) is 31.1 Å². The summed E-state index contributed by atoms with van der Waals surface area (Å²) < 4.78 is 11.0. The Balaban J connectivity index is 0.00000320. The minimum Gasteiger partial charge on any atom is -0.497 e. The molecule has 6 nitrogen and oxygen atoms in total. The number of halogens is 1. The van der Waals surface area contributed by atoms with E-state index >= 15 is 0 Å². The zero-order chi connectivity index (χ0) is 20.7. The Morgan fingerprint density at radius 2 is 1.83 bits per heavy atom. The van der Waals surface area contributed by atoms with E-state index in [-0.39, 0.29) is 29.4 Å². The molecule has 1 saturated carbocycles. The topological polar surface area (TPSA) is 71.7 Å². The van der Waals surface area contributed by atoms with Gasteiger partial charge in [0.2, 0.25) is 5.89 Å². The number of oxazole rings is 1. The number of methoxy groups -OCH3 is 1. The third-order valence-corrected chi connectivity index (χ3v) is 5.90. The van der Waals surface area contributed by atoms with Crippen molar-refractivity contribution >= 4 is 29.9 Å². The number of hydrogen-bond donors (Lipinski definition) is 2. The molecule has 1 heterocycles. The summed E-state index contributed by atoms with van der Waals surface area (Å²) in [6.07, 6.45) is 6.20. The highest BCUT2D eigenvalue weighted by Crippen LogP contribution is 2.39. The number of benzene rings is 1. The number of nitrogens with one attached hydrogen (secondary N) is 2. The summed E-state index contributed by atoms with van der Waals surface area (Å²) in [4.78, 5) is 9.12. The number of nitrogens with zero attached hydrogens (tertiary/aromatic N) is 2. The second kappa shape index (κ2) is 11.6. The number of rotatable bonds is 7. The lowest BCUT2D eigenvalue weighted by atomic mass is 9.69. The molecule has 1 aliphatic rings. The van der Waals surface area contributed by atoms with Gasteiger partial charge in [-0.3, -0.25) is 0 Å². The SMILES string of the molecule is CCNC(=NCc1nc(C)c(C)o1)NCC1(c2ccc(OC)cc2)CCCCC1.I. The van der Waals surface area contributed by atoms with E-state index in [1.807, 2.05) is 13.8 Å². The predicted octanol–water partition coefficient (Wildman–Crippen LogP) is 4.88. The summed E-state index contributed by atoms with van der Waals surface area (Å²) in [6, 6.07) is 8.57. The molecule has 7 heteroatoms. The van der Waals surface area contributed by atoms with Crippen LogP contribution in [0.2, 0.25) is 0 Å². The summed E-state index contributed by atoms with van der Waals surface area (Å²) >= 11 is 0. The van der Waals surface area contributed by atoms with Crippen LogP contribution in [0.4, 0.5) is 0 Å². The molecule has 0 bridgehead atoms. The van der Waals surface area contributed by atoms with Crippen molar-refractivity contribution in [3.63, 3.8) is 0 Å². The van der Waals surface area contributed by atoms with Gasteiger partial charge in [-0.1, -0.05) is 31.4 Å². The molecule has 0 aliphatic heterocycles. The Bertz CT molecular complexity index is 792. The van der Waals surface area contributed by atoms with Gasteiger partial charge in [-0.05, 0) is 51.3 Å². The average molecular weight is 526 g/mol. The van der Waals surface area contributed by atoms with Crippen molar-refractivity contribution in [2.24, 2.45) is 4.99 Å². The highest BCUT2D eigenvalue weighted by Gasteiger charge is 2.34. The fraction of sp³-hybridized carbons (Fsp3) is 0.565. The van der Waals surface area contributed by atoms with Gasteiger partial charge in [0.15, 0.2) is 5.96 Å². The lowest BCUT2D eigenvalue weighted by Gasteiger charge is -2.38. The number of hydrogen-bond acceptors (Lipinski definition) is 4. The van der Waals surface area contributed by atoms with E-state index in [0.717, 1.165) is 36.3 Å². The summed E-state index contributed by atoms with van der Waals surface area (Å²) in [6.45, 7) is 8.06. The van der Waals surface area contributed by atoms with Gasteiger partial charge in [-0.15, -0.1) is 24.0 Å². The van der Waals surface area contributed by atoms with E-state index < -0.39 is 0 Å². The van der Waals surface area contributed by atoms with Crippen molar-refractivity contribution in [3.8, 4) is 5.75 Å². The van der Waals surface area contributed by atoms with Gasteiger partial charge in [0.25, 0.3) is 0 Å². The molecule has 1 aliphatic carbocycles. The second-order valence-corrected chi connectivity index (χ2v) is 7.87. The molecular formula is C23H35IN4O2. The van der Waals surface area contributed by atoms with Crippen LogP contribution >= 0.6 is 24.0 Å². The van der Waals surface area contributed by atoms with E-state index in [9.17, 15) is 0 Å². The Kier molecular flexibility index (Phi) is 9.45. The summed E-state index contributed by atoms with van der Waals surface area (Å²) in [7, 11) is 1.71. The fourth-order valence-corrected chi connectivity index (χ4v) is 4.09. The maximum atomic E-state index is 5.66. The van der Waals surface area contributed by atoms with Crippen molar-refractivity contribution in [2.45, 2.75) is 64.8 Å². The first-order valence-electron chi connectivity index (χ1n) is 10.7. The van der Waals surface area contributed by atoms with Gasteiger partial charge in [0.1, 0.15) is 18.1 Å². The van der Waals surface area contributed by atoms with E-state index in [1.165, 1.54) is 37.7 Å². The molecular weight excluding hydrogens is 491 g/mol. The van der Waals surface area contributed by atoms with E-state index in [2.05, 4.69) is 46.8 Å². The van der Waals surface area contributed by atoms with Crippen molar-refractivity contribution in [1.82, 2.24) is 15.6 Å². The first-order chi connectivity index (χ1) is 14.1. The van der Waals surface area contributed by atoms with Gasteiger partial charge in [0, 0.05) is 18.5 Å². The molecule has 3 rings (SSSR count). The van der Waals surface area contributed by atoms with Crippen molar-refractivity contribution in [2.75, 3.05) is 20.2 Å². The van der Waals surface area contributed by atoms with E-state index in [1.54, 1.807) is 7.11 Å². The van der Waals surface area contributed by atoms with Gasteiger partial charge < -0.3 is 19.8 Å². The molecule has 1 aromatic heterocycles. The smallest absolute Gasteiger partial charge is 0.216 e. The molecule has 0 spiro atoms. The summed E-state index contributed by atoms with van der Waals surface area (Å²) in [5.41, 5.74) is 2.42. The third-order valence-electron chi connectivity index (χ3n) is 5.90. The normalized spacial score (nSPS) is 15.9. The molecule has 30 heavy (non-hydrogen) atoms. The molecule has 1 fully saturated rings. The highest BCUT2D eigenvalue weighted by atomic mass is 127. The zero-order valence-corrected chi connectivity index (χ0v) is 20.9. The molecule has 0 unspecified atom stereocenters. The molecule has 2 N–H and O–H groups in total. The number of aliphatic imine (C=N–C) groups is 1. The van der Waals surface area contributed by atoms with Gasteiger partial charge in [0.05, 0.1) is 12.8 Å². The van der Waals surface area contributed by atoms with Crippen LogP contribution in [0.3, 0.4) is 0 Å². The Hall–Kier alpha value is -1.77. The maximum absolute atomic E-state index is 5.66. The Morgan fingerprint density at radius 1 is 1.13 bits per heavy atom. The number of guanidine groups is 1. The number of ether oxygens (including phenoxy) is 1. The van der Waals surface area contributed by atoms with Crippen LogP contribution in [0.5, 0.6) is 5.75 Å². The standard InChI is InChI=1S/C23H34N4O2.HI/c1-5-24-22(25-15-21-27-17(2)18(3)29-21)26-16-23(13-7-6-8-14-23)19-9-11-20(28-4)12-10-19;/h9-12H,5-8,13-16H2,1-4H3,(H2,24,25,26);1H. The Morgan fingerprint density at radius 3 is 2.40 bits per heavy atom. The van der Waals surface area contributed by atoms with Gasteiger partial charge in [-0.25, -0.2) is 9.98 Å². The van der Waals surface area contributed by atoms with Gasteiger partial charge in [-0.2, -0.15) is 0 Å². The van der Waals surface area contributed by atoms with Crippen molar-refractivity contribution in [1.29, 1.82) is 0 Å². The molecule has 0 atom stereocenters. The number of aryl methyl sites for hydroxylation is 2. The first-order valence-corrected chi connectivity index (χ1v) is 10.7. The molecule has 2 aromatic rings. The van der Waals surface area contributed by atoms with Crippen molar-refractivity contribution < 1.29 is 9.15 Å². The van der Waals surface area contributed by atoms with Crippen LogP contribution in [-0.2, 0) is 12.0 Å². The van der Waals surface area contributed by atoms with Crippen LogP contribution in [0, 0.1) is 13.8 Å². The number of aromatic nitrogens is 1. The third kappa shape index (κ3) is 6.12. The van der Waals surface area contributed by atoms with Gasteiger partial charge >= 0.3 is 0 Å². The van der Waals surface area contributed by atoms with Crippen molar-refractivity contribution in [3.05, 3.63) is 47.2 Å². The maximum Gasteiger partial charge on any atom is 0.216 e. The highest BCUT2D eigenvalue weighted by molar-refractivity contribution is 14.0. The van der Waals surface area contributed by atoms with Crippen LogP contribution in [0.25, 0.3) is 0 Å². The predicted molar refractivity (Wildman–Crippen MR) is 132 cm³/mol. The molecule has 0 amide bonds. The quantitative estimate of drug-likeness (QED) is 0.306. The second-order valence-electron chi connectivity index (χ2n) is 7.87. The van der Waals surface area contributed by atoms with Crippen LogP contribution < -0.4 is 15.4 Å². The van der Waals surface area contributed by atoms with Crippen LogP contribution in [0.15, 0.2) is 33.7 Å². The monoisotopic (exact) mass is 526 g/mol. The molecule has 1 aromatic carbocycles. The van der Waals surface area contributed by atoms with E-state index in [4.69, 9.17) is 14.1 Å². The fourth-order valence-electron chi connectivity index (χ4n) is 4.09.